The summed E-state index contributed by atoms with van der Waals surface area (Å²) in [6.45, 7) is 7.36. The van der Waals surface area contributed by atoms with Crippen molar-refractivity contribution >= 4 is 23.8 Å². The Morgan fingerprint density at radius 1 is 1.14 bits per heavy atom. The van der Waals surface area contributed by atoms with E-state index in [0.717, 1.165) is 12.0 Å². The first kappa shape index (κ1) is 22.4. The predicted octanol–water partition coefficient (Wildman–Crippen LogP) is 1.81. The Kier molecular flexibility index (Phi) is 7.36. The molecule has 1 aliphatic heterocycles. The summed E-state index contributed by atoms with van der Waals surface area (Å²) in [5.41, 5.74) is 0.488. The normalized spacial score (nSPS) is 16.3. The molecule has 0 saturated carbocycles. The molecule has 1 heterocycles. The summed E-state index contributed by atoms with van der Waals surface area (Å²) >= 11 is 0. The zero-order chi connectivity index (χ0) is 21.6. The van der Waals surface area contributed by atoms with Gasteiger partial charge in [-0.3, -0.25) is 9.59 Å². The smallest absolute Gasteiger partial charge is 0.397 e. The van der Waals surface area contributed by atoms with Crippen molar-refractivity contribution in [2.45, 2.75) is 58.7 Å². The molecule has 0 spiro atoms. The van der Waals surface area contributed by atoms with E-state index in [1.165, 1.54) is 11.8 Å². The number of hydrogen-bond donors (Lipinski definition) is 1. The first-order valence-corrected chi connectivity index (χ1v) is 9.61. The van der Waals surface area contributed by atoms with Crippen LogP contribution in [0.25, 0.3) is 0 Å². The van der Waals surface area contributed by atoms with Gasteiger partial charge in [-0.05, 0) is 51.3 Å². The van der Waals surface area contributed by atoms with Gasteiger partial charge in [0.25, 0.3) is 0 Å². The number of amides is 2. The molecule has 2 rings (SSSR count). The maximum atomic E-state index is 12.4. The molecule has 0 unspecified atom stereocenters. The third kappa shape index (κ3) is 6.89. The molecular formula is C21H28N2O6. The van der Waals surface area contributed by atoms with Crippen molar-refractivity contribution in [1.82, 2.24) is 10.2 Å². The zero-order valence-corrected chi connectivity index (χ0v) is 17.3. The van der Waals surface area contributed by atoms with Crippen LogP contribution in [0.4, 0.5) is 0 Å². The number of ether oxygens (including phenoxy) is 2. The van der Waals surface area contributed by atoms with Gasteiger partial charge >= 0.3 is 17.8 Å². The summed E-state index contributed by atoms with van der Waals surface area (Å²) in [7, 11) is 0. The fourth-order valence-corrected chi connectivity index (χ4v) is 2.96. The van der Waals surface area contributed by atoms with Gasteiger partial charge in [-0.2, -0.15) is 0 Å². The van der Waals surface area contributed by atoms with Gasteiger partial charge in [0, 0.05) is 20.0 Å². The Balaban J connectivity index is 1.89. The van der Waals surface area contributed by atoms with Crippen LogP contribution >= 0.6 is 0 Å². The van der Waals surface area contributed by atoms with E-state index >= 15 is 0 Å². The highest BCUT2D eigenvalue weighted by molar-refractivity contribution is 6.32. The van der Waals surface area contributed by atoms with Gasteiger partial charge in [-0.25, -0.2) is 9.59 Å². The van der Waals surface area contributed by atoms with Gasteiger partial charge in [-0.1, -0.05) is 12.1 Å². The van der Waals surface area contributed by atoms with Crippen LogP contribution in [-0.2, 0) is 30.4 Å². The van der Waals surface area contributed by atoms with E-state index < -0.39 is 23.4 Å². The van der Waals surface area contributed by atoms with Crippen LogP contribution in [0, 0.1) is 0 Å². The first-order valence-electron chi connectivity index (χ1n) is 9.61. The van der Waals surface area contributed by atoms with E-state index in [1.54, 1.807) is 45.0 Å². The summed E-state index contributed by atoms with van der Waals surface area (Å²) in [6.07, 6.45) is 1.38. The third-order valence-corrected chi connectivity index (χ3v) is 4.35. The predicted molar refractivity (Wildman–Crippen MR) is 105 cm³/mol. The molecule has 158 valence electrons. The highest BCUT2D eigenvalue weighted by Crippen LogP contribution is 2.20. The molecule has 0 aromatic heterocycles. The number of benzene rings is 1. The van der Waals surface area contributed by atoms with E-state index in [9.17, 15) is 19.2 Å². The molecule has 0 aliphatic carbocycles. The Labute approximate surface area is 170 Å². The van der Waals surface area contributed by atoms with Crippen LogP contribution in [0.15, 0.2) is 24.3 Å². The van der Waals surface area contributed by atoms with Crippen molar-refractivity contribution in [3.8, 4) is 0 Å². The lowest BCUT2D eigenvalue weighted by atomic mass is 10.1. The molecule has 1 aromatic carbocycles. The van der Waals surface area contributed by atoms with Crippen molar-refractivity contribution in [3.05, 3.63) is 35.4 Å². The fourth-order valence-electron chi connectivity index (χ4n) is 2.96. The number of nitrogens with zero attached hydrogens (tertiary/aromatic N) is 1. The lowest BCUT2D eigenvalue weighted by molar-refractivity contribution is -0.168. The minimum atomic E-state index is -0.898. The fraction of sp³-hybridized carbons (Fsp3) is 0.524. The lowest BCUT2D eigenvalue weighted by Gasteiger charge is -2.25. The van der Waals surface area contributed by atoms with Crippen LogP contribution in [0.1, 0.15) is 56.5 Å². The van der Waals surface area contributed by atoms with Crippen LogP contribution in [0.3, 0.4) is 0 Å². The highest BCUT2D eigenvalue weighted by atomic mass is 16.6. The van der Waals surface area contributed by atoms with Gasteiger partial charge < -0.3 is 19.7 Å². The molecule has 8 heteroatoms. The SMILES string of the molecule is CC(=O)NCc1ccc(C(=O)OC[C@H]2CCCN2C(=O)C(=O)OC(C)(C)C)cc1. The number of rotatable bonds is 5. The second-order valence-electron chi connectivity index (χ2n) is 8.00. The van der Waals surface area contributed by atoms with Crippen molar-refractivity contribution < 1.29 is 28.7 Å². The monoisotopic (exact) mass is 404 g/mol. The molecule has 0 bridgehead atoms. The van der Waals surface area contributed by atoms with Gasteiger partial charge in [0.1, 0.15) is 12.2 Å². The van der Waals surface area contributed by atoms with Crippen molar-refractivity contribution in [3.63, 3.8) is 0 Å². The van der Waals surface area contributed by atoms with E-state index in [-0.39, 0.29) is 18.6 Å². The average Bonchev–Trinajstić information content (AvgIpc) is 3.11. The number of carbonyl (C=O) groups excluding carboxylic acids is 4. The Morgan fingerprint density at radius 3 is 2.38 bits per heavy atom. The third-order valence-electron chi connectivity index (χ3n) is 4.35. The van der Waals surface area contributed by atoms with Gasteiger partial charge in [0.2, 0.25) is 5.91 Å². The minimum Gasteiger partial charge on any atom is -0.460 e. The number of esters is 2. The second kappa shape index (κ2) is 9.54. The Bertz CT molecular complexity index is 766. The van der Waals surface area contributed by atoms with E-state index in [0.29, 0.717) is 25.1 Å². The molecule has 1 fully saturated rings. The van der Waals surface area contributed by atoms with E-state index in [2.05, 4.69) is 5.32 Å². The Hall–Kier alpha value is -2.90. The van der Waals surface area contributed by atoms with Gasteiger partial charge in [0.15, 0.2) is 0 Å². The number of nitrogens with one attached hydrogen (secondary N) is 1. The summed E-state index contributed by atoms with van der Waals surface area (Å²) < 4.78 is 10.5. The van der Waals surface area contributed by atoms with Crippen LogP contribution in [-0.4, -0.2) is 53.4 Å². The zero-order valence-electron chi connectivity index (χ0n) is 17.3. The largest absolute Gasteiger partial charge is 0.460 e. The van der Waals surface area contributed by atoms with Gasteiger partial charge in [0.05, 0.1) is 11.6 Å². The van der Waals surface area contributed by atoms with Crippen molar-refractivity contribution in [1.29, 1.82) is 0 Å². The molecular weight excluding hydrogens is 376 g/mol. The summed E-state index contributed by atoms with van der Waals surface area (Å²) in [5.74, 6) is -2.24. The Morgan fingerprint density at radius 2 is 1.79 bits per heavy atom. The average molecular weight is 404 g/mol. The highest BCUT2D eigenvalue weighted by Gasteiger charge is 2.35. The topological polar surface area (TPSA) is 102 Å². The number of hydrogen-bond acceptors (Lipinski definition) is 6. The standard InChI is InChI=1S/C21H28N2O6/c1-14(24)22-12-15-7-9-16(10-8-15)19(26)28-13-17-6-5-11-23(17)18(25)20(27)29-21(2,3)4/h7-10,17H,5-6,11-13H2,1-4H3,(H,22,24)/t17-/m1/s1. The summed E-state index contributed by atoms with van der Waals surface area (Å²) in [6, 6.07) is 6.37. The van der Waals surface area contributed by atoms with Crippen LogP contribution in [0.2, 0.25) is 0 Å². The lowest BCUT2D eigenvalue weighted by Crippen LogP contribution is -2.44. The minimum absolute atomic E-state index is 0.0149. The summed E-state index contributed by atoms with van der Waals surface area (Å²) in [4.78, 5) is 49.1. The van der Waals surface area contributed by atoms with Crippen LogP contribution in [0.5, 0.6) is 0 Å². The quantitative estimate of drug-likeness (QED) is 0.593. The molecule has 0 radical (unpaired) electrons. The molecule has 2 amide bonds. The molecule has 1 aromatic rings. The van der Waals surface area contributed by atoms with Crippen molar-refractivity contribution in [2.24, 2.45) is 0 Å². The van der Waals surface area contributed by atoms with Crippen LogP contribution < -0.4 is 5.32 Å². The molecule has 1 N–H and O–H groups in total. The first-order chi connectivity index (χ1) is 13.6. The molecule has 8 nitrogen and oxygen atoms in total. The van der Waals surface area contributed by atoms with Crippen molar-refractivity contribution in [2.75, 3.05) is 13.2 Å². The molecule has 1 atom stereocenters. The van der Waals surface area contributed by atoms with E-state index in [4.69, 9.17) is 9.47 Å². The molecule has 1 aliphatic rings. The van der Waals surface area contributed by atoms with Gasteiger partial charge in [-0.15, -0.1) is 0 Å². The van der Waals surface area contributed by atoms with E-state index in [1.807, 2.05) is 0 Å². The number of likely N-dealkylation sites (tertiary alicyclic amines) is 1. The maximum absolute atomic E-state index is 12.4. The summed E-state index contributed by atoms with van der Waals surface area (Å²) in [5, 5.41) is 2.68. The second-order valence-corrected chi connectivity index (χ2v) is 8.00. The molecule has 29 heavy (non-hydrogen) atoms. The molecule has 1 saturated heterocycles. The number of carbonyl (C=O) groups is 4. The maximum Gasteiger partial charge on any atom is 0.397 e.